The van der Waals surface area contributed by atoms with E-state index in [4.69, 9.17) is 22.1 Å². The molecule has 4 nitrogen and oxygen atoms in total. The van der Waals surface area contributed by atoms with Crippen LogP contribution in [0.2, 0.25) is 5.02 Å². The number of nitrogen functional groups attached to an aromatic ring is 1. The van der Waals surface area contributed by atoms with E-state index in [0.29, 0.717) is 22.3 Å². The Hall–Kier alpha value is -2.06. The summed E-state index contributed by atoms with van der Waals surface area (Å²) in [5.41, 5.74) is 5.92. The minimum absolute atomic E-state index is 0.116. The number of pyridine rings is 1. The highest BCUT2D eigenvalue weighted by Gasteiger charge is 2.34. The molecule has 0 saturated carbocycles. The molecule has 3 rings (SSSR count). The first-order valence-corrected chi connectivity index (χ1v) is 7.53. The third-order valence-electron chi connectivity index (χ3n) is 3.15. The monoisotopic (exact) mass is 359 g/mol. The van der Waals surface area contributed by atoms with Crippen LogP contribution in [0.3, 0.4) is 0 Å². The number of nitrogens with zero attached hydrogens (tertiary/aromatic N) is 2. The van der Waals surface area contributed by atoms with Gasteiger partial charge in [-0.25, -0.2) is 9.97 Å². The smallest absolute Gasteiger partial charge is 0.434 e. The Morgan fingerprint density at radius 1 is 1.26 bits per heavy atom. The van der Waals surface area contributed by atoms with Crippen molar-refractivity contribution in [2.75, 3.05) is 12.8 Å². The van der Waals surface area contributed by atoms with Crippen molar-refractivity contribution in [3.05, 3.63) is 34.3 Å². The largest absolute Gasteiger partial charge is 0.495 e. The van der Waals surface area contributed by atoms with Crippen molar-refractivity contribution < 1.29 is 17.9 Å². The third kappa shape index (κ3) is 2.79. The number of rotatable bonds is 2. The van der Waals surface area contributed by atoms with Gasteiger partial charge >= 0.3 is 6.18 Å². The summed E-state index contributed by atoms with van der Waals surface area (Å²) < 4.78 is 43.1. The van der Waals surface area contributed by atoms with E-state index < -0.39 is 11.9 Å². The number of hydrogen-bond donors (Lipinski definition) is 1. The van der Waals surface area contributed by atoms with E-state index >= 15 is 0 Å². The molecule has 0 aliphatic heterocycles. The lowest BCUT2D eigenvalue weighted by atomic mass is 10.1. The predicted molar refractivity (Wildman–Crippen MR) is 83.8 cm³/mol. The van der Waals surface area contributed by atoms with Crippen molar-refractivity contribution >= 4 is 39.5 Å². The molecule has 0 radical (unpaired) electrons. The van der Waals surface area contributed by atoms with Crippen molar-refractivity contribution in [3.63, 3.8) is 0 Å². The summed E-state index contributed by atoms with van der Waals surface area (Å²) in [5.74, 6) is 0.401. The summed E-state index contributed by atoms with van der Waals surface area (Å²) in [6, 6.07) is 4.81. The van der Waals surface area contributed by atoms with Gasteiger partial charge in [0.1, 0.15) is 21.5 Å². The average molecular weight is 360 g/mol. The Morgan fingerprint density at radius 3 is 2.61 bits per heavy atom. The second kappa shape index (κ2) is 5.54. The quantitative estimate of drug-likeness (QED) is 0.725. The van der Waals surface area contributed by atoms with Gasteiger partial charge in [-0.3, -0.25) is 0 Å². The Labute approximate surface area is 137 Å². The Balaban J connectivity index is 2.19. The molecule has 120 valence electrons. The summed E-state index contributed by atoms with van der Waals surface area (Å²) in [7, 11) is 1.46. The lowest BCUT2D eigenvalue weighted by Crippen LogP contribution is -2.05. The Morgan fingerprint density at radius 2 is 2.00 bits per heavy atom. The molecule has 0 amide bonds. The molecule has 0 fully saturated rings. The molecule has 1 aromatic carbocycles. The number of thiazole rings is 1. The van der Waals surface area contributed by atoms with Gasteiger partial charge in [0.25, 0.3) is 0 Å². The fraction of sp³-hybridized carbons (Fsp3) is 0.143. The zero-order valence-corrected chi connectivity index (χ0v) is 13.2. The van der Waals surface area contributed by atoms with Crippen LogP contribution in [0.25, 0.3) is 21.6 Å². The van der Waals surface area contributed by atoms with Gasteiger partial charge < -0.3 is 10.5 Å². The van der Waals surface area contributed by atoms with Crippen LogP contribution in [-0.2, 0) is 6.18 Å². The number of ether oxygens (including phenoxy) is 1. The van der Waals surface area contributed by atoms with Crippen LogP contribution >= 0.6 is 22.9 Å². The molecular weight excluding hydrogens is 351 g/mol. The van der Waals surface area contributed by atoms with Crippen LogP contribution < -0.4 is 10.5 Å². The van der Waals surface area contributed by atoms with Crippen LogP contribution in [0.1, 0.15) is 5.69 Å². The first-order chi connectivity index (χ1) is 10.8. The van der Waals surface area contributed by atoms with E-state index in [2.05, 4.69) is 9.97 Å². The summed E-state index contributed by atoms with van der Waals surface area (Å²) in [6.07, 6.45) is -4.50. The lowest BCUT2D eigenvalue weighted by molar-refractivity contribution is -0.140. The van der Waals surface area contributed by atoms with E-state index in [1.165, 1.54) is 13.2 Å². The zero-order chi connectivity index (χ0) is 16.8. The second-order valence-corrected chi connectivity index (χ2v) is 5.85. The number of fused-ring (bicyclic) bond motifs is 1. The fourth-order valence-electron chi connectivity index (χ4n) is 2.05. The van der Waals surface area contributed by atoms with Crippen LogP contribution in [-0.4, -0.2) is 17.1 Å². The summed E-state index contributed by atoms with van der Waals surface area (Å²) in [5, 5.41) is 1.88. The summed E-state index contributed by atoms with van der Waals surface area (Å²) >= 11 is 7.05. The van der Waals surface area contributed by atoms with E-state index in [1.807, 2.05) is 0 Å². The molecule has 2 N–H and O–H groups in total. The Bertz CT molecular complexity index is 895. The Kier molecular flexibility index (Phi) is 3.81. The van der Waals surface area contributed by atoms with Gasteiger partial charge in [-0.1, -0.05) is 11.6 Å². The number of methoxy groups -OCH3 is 1. The van der Waals surface area contributed by atoms with Gasteiger partial charge in [-0.05, 0) is 18.2 Å². The third-order valence-corrected chi connectivity index (χ3v) is 4.38. The molecule has 0 aliphatic carbocycles. The molecule has 23 heavy (non-hydrogen) atoms. The van der Waals surface area contributed by atoms with E-state index in [1.54, 1.807) is 12.1 Å². The van der Waals surface area contributed by atoms with Crippen molar-refractivity contribution in [2.24, 2.45) is 0 Å². The number of hydrogen-bond acceptors (Lipinski definition) is 5. The van der Waals surface area contributed by atoms with Gasteiger partial charge in [0, 0.05) is 16.5 Å². The van der Waals surface area contributed by atoms with Crippen molar-refractivity contribution in [3.8, 4) is 16.5 Å². The maximum Gasteiger partial charge on any atom is 0.434 e. The number of anilines is 1. The molecule has 0 atom stereocenters. The maximum absolute atomic E-state index is 12.7. The van der Waals surface area contributed by atoms with Crippen LogP contribution in [0.15, 0.2) is 23.6 Å². The zero-order valence-electron chi connectivity index (χ0n) is 11.6. The number of alkyl halides is 3. The molecule has 0 spiro atoms. The van der Waals surface area contributed by atoms with Crippen LogP contribution in [0.4, 0.5) is 18.9 Å². The standard InChI is InChI=1S/C14H9ClF3N3OS/c1-22-9-3-2-6-7(19)4-8(20-12(6)11(9)15)13-21-10(5-23-13)14(16,17)18/h2-5H,1H3,(H2,19,20). The lowest BCUT2D eigenvalue weighted by Gasteiger charge is -2.09. The molecule has 0 unspecified atom stereocenters. The second-order valence-electron chi connectivity index (χ2n) is 4.61. The average Bonchev–Trinajstić information content (AvgIpc) is 2.98. The van der Waals surface area contributed by atoms with E-state index in [-0.39, 0.29) is 15.7 Å². The van der Waals surface area contributed by atoms with E-state index in [9.17, 15) is 13.2 Å². The van der Waals surface area contributed by atoms with Crippen molar-refractivity contribution in [1.82, 2.24) is 9.97 Å². The minimum Gasteiger partial charge on any atom is -0.495 e. The summed E-state index contributed by atoms with van der Waals surface area (Å²) in [6.45, 7) is 0. The molecule has 3 aromatic rings. The first kappa shape index (κ1) is 15.8. The first-order valence-electron chi connectivity index (χ1n) is 6.27. The number of benzene rings is 1. The van der Waals surface area contributed by atoms with Gasteiger partial charge in [-0.2, -0.15) is 13.2 Å². The van der Waals surface area contributed by atoms with Crippen LogP contribution in [0.5, 0.6) is 5.75 Å². The molecule has 0 aliphatic rings. The van der Waals surface area contributed by atoms with Gasteiger partial charge in [0.05, 0.1) is 12.6 Å². The number of aromatic nitrogens is 2. The highest BCUT2D eigenvalue weighted by Crippen LogP contribution is 2.38. The van der Waals surface area contributed by atoms with Crippen molar-refractivity contribution in [1.29, 1.82) is 0 Å². The number of nitrogens with two attached hydrogens (primary N) is 1. The molecule has 9 heteroatoms. The summed E-state index contributed by atoms with van der Waals surface area (Å²) in [4.78, 5) is 7.87. The SMILES string of the molecule is COc1ccc2c(N)cc(-c3nc(C(F)(F)F)cs3)nc2c1Cl. The molecular formula is C14H9ClF3N3OS. The number of halogens is 4. The van der Waals surface area contributed by atoms with Crippen molar-refractivity contribution in [2.45, 2.75) is 6.18 Å². The highest BCUT2D eigenvalue weighted by atomic mass is 35.5. The topological polar surface area (TPSA) is 61.0 Å². The highest BCUT2D eigenvalue weighted by molar-refractivity contribution is 7.13. The molecule has 0 saturated heterocycles. The molecule has 2 heterocycles. The minimum atomic E-state index is -4.50. The fourth-order valence-corrected chi connectivity index (χ4v) is 3.13. The van der Waals surface area contributed by atoms with E-state index in [0.717, 1.165) is 16.7 Å². The molecule has 0 bridgehead atoms. The maximum atomic E-state index is 12.7. The van der Waals surface area contributed by atoms with Gasteiger partial charge in [0.15, 0.2) is 5.69 Å². The van der Waals surface area contributed by atoms with Crippen LogP contribution in [0, 0.1) is 0 Å². The molecule has 2 aromatic heterocycles. The van der Waals surface area contributed by atoms with Gasteiger partial charge in [-0.15, -0.1) is 11.3 Å². The predicted octanol–water partition coefficient (Wildman–Crippen LogP) is 4.62. The normalized spacial score (nSPS) is 11.9. The van der Waals surface area contributed by atoms with Gasteiger partial charge in [0.2, 0.25) is 0 Å².